The molecule has 2 amide bonds. The molecule has 0 atom stereocenters. The second-order valence-corrected chi connectivity index (χ2v) is 7.06. The molecule has 1 heterocycles. The summed E-state index contributed by atoms with van der Waals surface area (Å²) in [5.74, 6) is -1.95. The first-order chi connectivity index (χ1) is 16.4. The zero-order valence-corrected chi connectivity index (χ0v) is 18.7. The highest BCUT2D eigenvalue weighted by Crippen LogP contribution is 2.30. The molecule has 0 N–H and O–H groups in total. The summed E-state index contributed by atoms with van der Waals surface area (Å²) in [5, 5.41) is 9.20. The fraction of sp³-hybridized carbons (Fsp3) is 0.240. The van der Waals surface area contributed by atoms with Crippen molar-refractivity contribution in [2.75, 3.05) is 19.8 Å². The quantitative estimate of drug-likeness (QED) is 0.183. The van der Waals surface area contributed by atoms with Gasteiger partial charge < -0.3 is 14.2 Å². The maximum atomic E-state index is 12.4. The Kier molecular flexibility index (Phi) is 7.77. The summed E-state index contributed by atoms with van der Waals surface area (Å²) in [6.45, 7) is 3.67. The summed E-state index contributed by atoms with van der Waals surface area (Å²) < 4.78 is 15.8. The van der Waals surface area contributed by atoms with Gasteiger partial charge in [0.05, 0.1) is 30.8 Å². The van der Waals surface area contributed by atoms with Gasteiger partial charge in [0.15, 0.2) is 11.5 Å². The number of fused-ring (bicyclic) bond motifs is 1. The molecule has 0 spiro atoms. The number of rotatable bonds is 9. The molecule has 2 aromatic carbocycles. The Morgan fingerprint density at radius 2 is 1.68 bits per heavy atom. The summed E-state index contributed by atoms with van der Waals surface area (Å²) in [4.78, 5) is 50.1. The minimum Gasteiger partial charge on any atom is -0.490 e. The van der Waals surface area contributed by atoms with Crippen LogP contribution in [0.4, 0.5) is 0 Å². The van der Waals surface area contributed by atoms with Gasteiger partial charge in [-0.1, -0.05) is 18.2 Å². The van der Waals surface area contributed by atoms with E-state index in [9.17, 15) is 24.4 Å². The zero-order valence-electron chi connectivity index (χ0n) is 18.7. The normalized spacial score (nSPS) is 12.7. The number of ether oxygens (including phenoxy) is 3. The van der Waals surface area contributed by atoms with E-state index in [0.29, 0.717) is 16.7 Å². The van der Waals surface area contributed by atoms with Crippen LogP contribution in [0.25, 0.3) is 6.08 Å². The van der Waals surface area contributed by atoms with Gasteiger partial charge in [-0.25, -0.2) is 4.79 Å². The van der Waals surface area contributed by atoms with Crippen molar-refractivity contribution < 1.29 is 33.4 Å². The average molecular weight is 462 g/mol. The Bertz CT molecular complexity index is 1170. The van der Waals surface area contributed by atoms with Crippen LogP contribution in [0.2, 0.25) is 0 Å². The minimum atomic E-state index is -0.744. The summed E-state index contributed by atoms with van der Waals surface area (Å²) in [6.07, 6.45) is 1.13. The predicted octanol–water partition coefficient (Wildman–Crippen LogP) is 3.15. The fourth-order valence-corrected chi connectivity index (χ4v) is 3.30. The molecular weight excluding hydrogens is 440 g/mol. The van der Waals surface area contributed by atoms with E-state index in [4.69, 9.17) is 14.2 Å². The Balaban J connectivity index is 1.69. The van der Waals surface area contributed by atoms with Crippen LogP contribution < -0.4 is 9.47 Å². The minimum absolute atomic E-state index is 0.124. The second kappa shape index (κ2) is 10.9. The van der Waals surface area contributed by atoms with Crippen LogP contribution in [-0.2, 0) is 14.3 Å². The Morgan fingerprint density at radius 3 is 2.26 bits per heavy atom. The summed E-state index contributed by atoms with van der Waals surface area (Å²) in [7, 11) is 0. The van der Waals surface area contributed by atoms with Crippen LogP contribution in [0, 0.1) is 11.3 Å². The third kappa shape index (κ3) is 5.30. The molecule has 0 aliphatic carbocycles. The monoisotopic (exact) mass is 462 g/mol. The highest BCUT2D eigenvalue weighted by Gasteiger charge is 2.35. The van der Waals surface area contributed by atoms with Gasteiger partial charge in [-0.3, -0.25) is 19.3 Å². The maximum absolute atomic E-state index is 12.4. The van der Waals surface area contributed by atoms with Gasteiger partial charge in [-0.05, 0) is 49.8 Å². The van der Waals surface area contributed by atoms with Crippen molar-refractivity contribution in [1.82, 2.24) is 4.90 Å². The Hall–Kier alpha value is -4.45. The van der Waals surface area contributed by atoms with E-state index in [2.05, 4.69) is 0 Å². The number of carbonyl (C=O) groups excluding carboxylic acids is 4. The molecular formula is C25H22N2O7. The van der Waals surface area contributed by atoms with E-state index >= 15 is 0 Å². The topological polar surface area (TPSA) is 123 Å². The number of nitrogens with zero attached hydrogens (tertiary/aromatic N) is 2. The molecule has 0 aromatic heterocycles. The van der Waals surface area contributed by atoms with Gasteiger partial charge in [0, 0.05) is 6.54 Å². The van der Waals surface area contributed by atoms with Crippen LogP contribution in [0.15, 0.2) is 48.0 Å². The number of benzene rings is 2. The lowest BCUT2D eigenvalue weighted by molar-refractivity contribution is -0.138. The van der Waals surface area contributed by atoms with E-state index in [1.165, 1.54) is 18.2 Å². The second-order valence-electron chi connectivity index (χ2n) is 7.06. The summed E-state index contributed by atoms with van der Waals surface area (Å²) in [5.41, 5.74) is 0.902. The number of hydrogen-bond acceptors (Lipinski definition) is 8. The molecule has 0 fully saturated rings. The molecule has 2 aromatic rings. The number of carbonyl (C=O) groups is 4. The molecule has 0 bridgehead atoms. The van der Waals surface area contributed by atoms with Crippen LogP contribution in [0.3, 0.4) is 0 Å². The molecule has 0 unspecified atom stereocenters. The lowest BCUT2D eigenvalue weighted by Gasteiger charge is -2.14. The third-order valence-electron chi connectivity index (χ3n) is 4.84. The molecule has 0 radical (unpaired) electrons. The standard InChI is InChI=1S/C25H22N2O7/c1-3-32-21-14-16(13-17(15-26)25(31)33-4-2)9-10-20(21)34-22(28)11-12-27-23(29)18-7-5-6-8-19(18)24(27)30/h5-10,13-14H,3-4,11-12H2,1-2H3. The number of esters is 2. The van der Waals surface area contributed by atoms with Gasteiger partial charge in [-0.2, -0.15) is 5.26 Å². The van der Waals surface area contributed by atoms with Crippen LogP contribution in [-0.4, -0.2) is 48.4 Å². The van der Waals surface area contributed by atoms with E-state index in [0.717, 1.165) is 4.90 Å². The van der Waals surface area contributed by atoms with Crippen molar-refractivity contribution >= 4 is 29.8 Å². The molecule has 9 heteroatoms. The van der Waals surface area contributed by atoms with E-state index < -0.39 is 23.8 Å². The predicted molar refractivity (Wildman–Crippen MR) is 120 cm³/mol. The summed E-state index contributed by atoms with van der Waals surface area (Å²) >= 11 is 0. The van der Waals surface area contributed by atoms with Crippen molar-refractivity contribution in [3.63, 3.8) is 0 Å². The number of hydrogen-bond donors (Lipinski definition) is 0. The fourth-order valence-electron chi connectivity index (χ4n) is 3.30. The van der Waals surface area contributed by atoms with Gasteiger partial charge in [-0.15, -0.1) is 0 Å². The number of imide groups is 1. The number of amides is 2. The van der Waals surface area contributed by atoms with Gasteiger partial charge in [0.2, 0.25) is 0 Å². The van der Waals surface area contributed by atoms with E-state index in [1.54, 1.807) is 50.2 Å². The SMILES string of the molecule is CCOC(=O)C(C#N)=Cc1ccc(OC(=O)CCN2C(=O)c3ccccc3C2=O)c(OCC)c1. The maximum Gasteiger partial charge on any atom is 0.348 e. The molecule has 1 aliphatic rings. The molecule has 9 nitrogen and oxygen atoms in total. The van der Waals surface area contributed by atoms with E-state index in [1.807, 2.05) is 0 Å². The van der Waals surface area contributed by atoms with Crippen molar-refractivity contribution in [2.45, 2.75) is 20.3 Å². The first-order valence-electron chi connectivity index (χ1n) is 10.6. The van der Waals surface area contributed by atoms with E-state index in [-0.39, 0.29) is 43.3 Å². The van der Waals surface area contributed by atoms with Crippen molar-refractivity contribution in [1.29, 1.82) is 5.26 Å². The zero-order chi connectivity index (χ0) is 24.7. The molecule has 174 valence electrons. The van der Waals surface area contributed by atoms with Crippen molar-refractivity contribution in [2.24, 2.45) is 0 Å². The first-order valence-corrected chi connectivity index (χ1v) is 10.6. The highest BCUT2D eigenvalue weighted by molar-refractivity contribution is 6.21. The lowest BCUT2D eigenvalue weighted by Crippen LogP contribution is -2.32. The first kappa shape index (κ1) is 24.2. The lowest BCUT2D eigenvalue weighted by atomic mass is 10.1. The van der Waals surface area contributed by atoms with Crippen LogP contribution in [0.1, 0.15) is 46.5 Å². The van der Waals surface area contributed by atoms with Crippen LogP contribution >= 0.6 is 0 Å². The Morgan fingerprint density at radius 1 is 1.00 bits per heavy atom. The van der Waals surface area contributed by atoms with Crippen molar-refractivity contribution in [3.05, 3.63) is 64.7 Å². The van der Waals surface area contributed by atoms with Gasteiger partial charge in [0.25, 0.3) is 11.8 Å². The van der Waals surface area contributed by atoms with Gasteiger partial charge in [0.1, 0.15) is 11.6 Å². The Labute approximate surface area is 196 Å². The van der Waals surface area contributed by atoms with Crippen LogP contribution in [0.5, 0.6) is 11.5 Å². The molecule has 34 heavy (non-hydrogen) atoms. The third-order valence-corrected chi connectivity index (χ3v) is 4.84. The molecule has 0 saturated heterocycles. The molecule has 0 saturated carbocycles. The van der Waals surface area contributed by atoms with Crippen molar-refractivity contribution in [3.8, 4) is 17.6 Å². The smallest absolute Gasteiger partial charge is 0.348 e. The molecule has 1 aliphatic heterocycles. The molecule has 3 rings (SSSR count). The average Bonchev–Trinajstić information content (AvgIpc) is 3.07. The highest BCUT2D eigenvalue weighted by atomic mass is 16.6. The largest absolute Gasteiger partial charge is 0.490 e. The summed E-state index contributed by atoms with van der Waals surface area (Å²) in [6, 6.07) is 12.8. The van der Waals surface area contributed by atoms with Gasteiger partial charge >= 0.3 is 11.9 Å². The number of nitriles is 1.